The number of nitrogens with one attached hydrogen (secondary N) is 1. The van der Waals surface area contributed by atoms with Gasteiger partial charge < -0.3 is 15.2 Å². The minimum absolute atomic E-state index is 0.0776. The molecule has 0 rings (SSSR count). The van der Waals surface area contributed by atoms with E-state index in [9.17, 15) is 5.11 Å². The molecule has 2 N–H and O–H groups in total. The second-order valence-corrected chi connectivity index (χ2v) is 5.39. The van der Waals surface area contributed by atoms with Crippen LogP contribution in [0.3, 0.4) is 0 Å². The molecule has 0 saturated carbocycles. The van der Waals surface area contributed by atoms with Crippen molar-refractivity contribution in [3.05, 3.63) is 12.7 Å². The minimum atomic E-state index is -0.745. The first-order valence-corrected chi connectivity index (χ1v) is 5.39. The van der Waals surface area contributed by atoms with Crippen molar-refractivity contribution in [2.75, 3.05) is 26.3 Å². The first kappa shape index (κ1) is 14.6. The molecular formula is C12H25NO2. The fourth-order valence-electron chi connectivity index (χ4n) is 1.14. The molecule has 0 aliphatic rings. The third-order valence-corrected chi connectivity index (χ3v) is 1.84. The first-order chi connectivity index (χ1) is 6.77. The lowest BCUT2D eigenvalue weighted by Gasteiger charge is -2.26. The van der Waals surface area contributed by atoms with E-state index in [1.54, 1.807) is 13.8 Å². The van der Waals surface area contributed by atoms with Gasteiger partial charge >= 0.3 is 0 Å². The van der Waals surface area contributed by atoms with Crippen LogP contribution in [0.4, 0.5) is 0 Å². The lowest BCUT2D eigenvalue weighted by Crippen LogP contribution is -2.35. The maximum Gasteiger partial charge on any atom is 0.0824 e. The molecule has 0 spiro atoms. The van der Waals surface area contributed by atoms with Gasteiger partial charge in [0, 0.05) is 18.5 Å². The Balaban J connectivity index is 3.68. The van der Waals surface area contributed by atoms with Crippen LogP contribution < -0.4 is 5.32 Å². The average molecular weight is 215 g/mol. The van der Waals surface area contributed by atoms with Gasteiger partial charge in [0.1, 0.15) is 0 Å². The van der Waals surface area contributed by atoms with E-state index in [1.807, 2.05) is 6.08 Å². The van der Waals surface area contributed by atoms with Crippen molar-refractivity contribution >= 4 is 0 Å². The Morgan fingerprint density at radius 2 is 1.87 bits per heavy atom. The molecule has 0 aliphatic carbocycles. The van der Waals surface area contributed by atoms with Gasteiger partial charge in [0.15, 0.2) is 0 Å². The largest absolute Gasteiger partial charge is 0.388 e. The van der Waals surface area contributed by atoms with Gasteiger partial charge in [-0.3, -0.25) is 0 Å². The molecule has 0 radical (unpaired) electrons. The SMILES string of the molecule is C=CCNCC(C)(C)COCC(C)(C)O. The molecule has 0 amide bonds. The number of rotatable bonds is 8. The standard InChI is InChI=1S/C12H25NO2/c1-6-7-13-8-11(2,3)9-15-10-12(4,5)14/h6,13-14H,1,7-10H2,2-5H3. The zero-order chi connectivity index (χ0) is 11.9. The molecule has 0 bridgehead atoms. The summed E-state index contributed by atoms with van der Waals surface area (Å²) in [6, 6.07) is 0. The van der Waals surface area contributed by atoms with Crippen LogP contribution in [-0.4, -0.2) is 37.0 Å². The van der Waals surface area contributed by atoms with Crippen LogP contribution in [0.5, 0.6) is 0 Å². The predicted molar refractivity (Wildman–Crippen MR) is 64.0 cm³/mol. The number of hydrogen-bond acceptors (Lipinski definition) is 3. The molecule has 0 atom stereocenters. The quantitative estimate of drug-likeness (QED) is 0.477. The zero-order valence-electron chi connectivity index (χ0n) is 10.5. The topological polar surface area (TPSA) is 41.5 Å². The fourth-order valence-corrected chi connectivity index (χ4v) is 1.14. The Kier molecular flexibility index (Phi) is 6.10. The lowest BCUT2D eigenvalue weighted by atomic mass is 9.95. The van der Waals surface area contributed by atoms with Gasteiger partial charge in [0.05, 0.1) is 18.8 Å². The van der Waals surface area contributed by atoms with E-state index in [4.69, 9.17) is 4.74 Å². The highest BCUT2D eigenvalue weighted by molar-refractivity contribution is 4.76. The Morgan fingerprint density at radius 1 is 1.27 bits per heavy atom. The summed E-state index contributed by atoms with van der Waals surface area (Å²) in [6.07, 6.45) is 1.84. The van der Waals surface area contributed by atoms with E-state index in [1.165, 1.54) is 0 Å². The predicted octanol–water partition coefficient (Wildman–Crippen LogP) is 1.58. The zero-order valence-corrected chi connectivity index (χ0v) is 10.5. The van der Waals surface area contributed by atoms with Gasteiger partial charge in [-0.1, -0.05) is 19.9 Å². The van der Waals surface area contributed by atoms with Crippen LogP contribution in [0, 0.1) is 5.41 Å². The van der Waals surface area contributed by atoms with Crippen molar-refractivity contribution in [2.24, 2.45) is 5.41 Å². The van der Waals surface area contributed by atoms with Gasteiger partial charge in [0.25, 0.3) is 0 Å². The summed E-state index contributed by atoms with van der Waals surface area (Å²) < 4.78 is 5.48. The number of hydrogen-bond donors (Lipinski definition) is 2. The van der Waals surface area contributed by atoms with Gasteiger partial charge in [-0.05, 0) is 13.8 Å². The summed E-state index contributed by atoms with van der Waals surface area (Å²) >= 11 is 0. The Morgan fingerprint density at radius 3 is 2.33 bits per heavy atom. The van der Waals surface area contributed by atoms with E-state index in [0.29, 0.717) is 13.2 Å². The Hall–Kier alpha value is -0.380. The molecule has 3 heteroatoms. The van der Waals surface area contributed by atoms with Crippen molar-refractivity contribution in [1.29, 1.82) is 0 Å². The molecule has 0 aliphatic heterocycles. The molecule has 0 aromatic rings. The second-order valence-electron chi connectivity index (χ2n) is 5.39. The molecule has 0 unspecified atom stereocenters. The van der Waals surface area contributed by atoms with Crippen molar-refractivity contribution in [3.8, 4) is 0 Å². The van der Waals surface area contributed by atoms with Gasteiger partial charge in [0.2, 0.25) is 0 Å². The highest BCUT2D eigenvalue weighted by Crippen LogP contribution is 2.15. The summed E-state index contributed by atoms with van der Waals surface area (Å²) in [5.74, 6) is 0. The molecule has 0 heterocycles. The van der Waals surface area contributed by atoms with Crippen LogP contribution in [0.25, 0.3) is 0 Å². The molecule has 0 aromatic heterocycles. The molecule has 0 fully saturated rings. The number of ether oxygens (including phenoxy) is 1. The van der Waals surface area contributed by atoms with Crippen LogP contribution in [0.1, 0.15) is 27.7 Å². The van der Waals surface area contributed by atoms with E-state index in [0.717, 1.165) is 13.1 Å². The van der Waals surface area contributed by atoms with Crippen LogP contribution in [0.15, 0.2) is 12.7 Å². The maximum atomic E-state index is 9.47. The van der Waals surface area contributed by atoms with Gasteiger partial charge in [-0.15, -0.1) is 6.58 Å². The molecule has 0 saturated heterocycles. The molecule has 3 nitrogen and oxygen atoms in total. The van der Waals surface area contributed by atoms with Crippen LogP contribution in [0.2, 0.25) is 0 Å². The van der Waals surface area contributed by atoms with E-state index in [2.05, 4.69) is 25.7 Å². The van der Waals surface area contributed by atoms with Crippen molar-refractivity contribution in [3.63, 3.8) is 0 Å². The average Bonchev–Trinajstić information content (AvgIpc) is 2.01. The summed E-state index contributed by atoms with van der Waals surface area (Å²) in [7, 11) is 0. The van der Waals surface area contributed by atoms with Crippen LogP contribution in [-0.2, 0) is 4.74 Å². The fraction of sp³-hybridized carbons (Fsp3) is 0.833. The summed E-state index contributed by atoms with van der Waals surface area (Å²) in [6.45, 7) is 14.1. The Bertz CT molecular complexity index is 183. The Labute approximate surface area is 93.5 Å². The molecule has 15 heavy (non-hydrogen) atoms. The van der Waals surface area contributed by atoms with Crippen molar-refractivity contribution < 1.29 is 9.84 Å². The van der Waals surface area contributed by atoms with Crippen molar-refractivity contribution in [2.45, 2.75) is 33.3 Å². The molecule has 90 valence electrons. The lowest BCUT2D eigenvalue weighted by molar-refractivity contribution is -0.0418. The van der Waals surface area contributed by atoms with Crippen LogP contribution >= 0.6 is 0 Å². The smallest absolute Gasteiger partial charge is 0.0824 e. The highest BCUT2D eigenvalue weighted by Gasteiger charge is 2.20. The third kappa shape index (κ3) is 9.91. The minimum Gasteiger partial charge on any atom is -0.388 e. The summed E-state index contributed by atoms with van der Waals surface area (Å²) in [5.41, 5.74) is -0.668. The molecule has 0 aromatic carbocycles. The van der Waals surface area contributed by atoms with Gasteiger partial charge in [-0.25, -0.2) is 0 Å². The second kappa shape index (κ2) is 6.26. The number of aliphatic hydroxyl groups is 1. The molecular weight excluding hydrogens is 190 g/mol. The maximum absolute atomic E-state index is 9.47. The highest BCUT2D eigenvalue weighted by atomic mass is 16.5. The van der Waals surface area contributed by atoms with E-state index >= 15 is 0 Å². The normalized spacial score (nSPS) is 12.9. The first-order valence-electron chi connectivity index (χ1n) is 5.39. The summed E-state index contributed by atoms with van der Waals surface area (Å²) in [5, 5.41) is 12.7. The van der Waals surface area contributed by atoms with E-state index in [-0.39, 0.29) is 5.41 Å². The monoisotopic (exact) mass is 215 g/mol. The third-order valence-electron chi connectivity index (χ3n) is 1.84. The summed E-state index contributed by atoms with van der Waals surface area (Å²) in [4.78, 5) is 0. The van der Waals surface area contributed by atoms with E-state index < -0.39 is 5.60 Å². The van der Waals surface area contributed by atoms with Crippen molar-refractivity contribution in [1.82, 2.24) is 5.32 Å². The van der Waals surface area contributed by atoms with Gasteiger partial charge in [-0.2, -0.15) is 0 Å².